The van der Waals surface area contributed by atoms with E-state index in [1.807, 2.05) is 23.1 Å². The van der Waals surface area contributed by atoms with E-state index in [4.69, 9.17) is 4.74 Å². The highest BCUT2D eigenvalue weighted by Gasteiger charge is 2.28. The van der Waals surface area contributed by atoms with Crippen LogP contribution in [0.1, 0.15) is 37.3 Å². The first-order valence-electron chi connectivity index (χ1n) is 9.73. The van der Waals surface area contributed by atoms with Gasteiger partial charge in [-0.3, -0.25) is 4.90 Å². The van der Waals surface area contributed by atoms with Crippen LogP contribution in [0.25, 0.3) is 0 Å². The Bertz CT molecular complexity index is 589. The number of nitrogens with zero attached hydrogens (tertiary/aromatic N) is 2. The van der Waals surface area contributed by atoms with Crippen molar-refractivity contribution in [3.05, 3.63) is 29.8 Å². The van der Waals surface area contributed by atoms with Crippen LogP contribution in [0, 0.1) is 5.92 Å². The van der Waals surface area contributed by atoms with E-state index in [9.17, 15) is 9.90 Å². The number of carbonyl (C=O) groups is 1. The molecule has 26 heavy (non-hydrogen) atoms. The maximum Gasteiger partial charge on any atom is 0.317 e. The van der Waals surface area contributed by atoms with Crippen LogP contribution in [-0.4, -0.2) is 67.4 Å². The lowest BCUT2D eigenvalue weighted by Crippen LogP contribution is -2.48. The van der Waals surface area contributed by atoms with Crippen molar-refractivity contribution in [3.8, 4) is 5.75 Å². The highest BCUT2D eigenvalue weighted by atomic mass is 16.5. The highest BCUT2D eigenvalue weighted by molar-refractivity contribution is 5.74. The zero-order valence-electron chi connectivity index (χ0n) is 15.7. The van der Waals surface area contributed by atoms with Gasteiger partial charge in [0.15, 0.2) is 0 Å². The number of hydrogen-bond donors (Lipinski definition) is 2. The van der Waals surface area contributed by atoms with Crippen molar-refractivity contribution in [1.29, 1.82) is 0 Å². The summed E-state index contributed by atoms with van der Waals surface area (Å²) in [5.74, 6) is 1.08. The molecule has 1 aromatic rings. The van der Waals surface area contributed by atoms with E-state index in [0.29, 0.717) is 13.1 Å². The van der Waals surface area contributed by atoms with E-state index in [0.717, 1.165) is 43.8 Å². The van der Waals surface area contributed by atoms with Gasteiger partial charge in [-0.1, -0.05) is 18.2 Å². The molecule has 2 aliphatic rings. The number of urea groups is 1. The smallest absolute Gasteiger partial charge is 0.317 e. The van der Waals surface area contributed by atoms with Crippen molar-refractivity contribution in [2.24, 2.45) is 5.92 Å². The molecule has 2 unspecified atom stereocenters. The molecule has 0 radical (unpaired) electrons. The van der Waals surface area contributed by atoms with Crippen LogP contribution in [0.5, 0.6) is 5.75 Å². The molecule has 2 fully saturated rings. The van der Waals surface area contributed by atoms with E-state index < -0.39 is 0 Å². The zero-order chi connectivity index (χ0) is 18.4. The second-order valence-electron chi connectivity index (χ2n) is 7.32. The van der Waals surface area contributed by atoms with Gasteiger partial charge < -0.3 is 20.1 Å². The Hall–Kier alpha value is -1.79. The molecule has 0 bridgehead atoms. The number of nitrogens with one attached hydrogen (secondary N) is 1. The zero-order valence-corrected chi connectivity index (χ0v) is 15.7. The van der Waals surface area contributed by atoms with Gasteiger partial charge in [0.2, 0.25) is 0 Å². The Labute approximate surface area is 156 Å². The van der Waals surface area contributed by atoms with Crippen molar-refractivity contribution in [3.63, 3.8) is 0 Å². The molecule has 0 aromatic heterocycles. The SMILES string of the molecule is COc1ccccc1C(CNC(=O)N1CCCC(CO)C1)N1CCCC1. The third-order valence-corrected chi connectivity index (χ3v) is 5.59. The second kappa shape index (κ2) is 9.24. The quantitative estimate of drug-likeness (QED) is 0.816. The van der Waals surface area contributed by atoms with Gasteiger partial charge in [-0.15, -0.1) is 0 Å². The number of benzene rings is 1. The predicted octanol–water partition coefficient (Wildman–Crippen LogP) is 2.25. The number of amides is 2. The Morgan fingerprint density at radius 3 is 2.77 bits per heavy atom. The lowest BCUT2D eigenvalue weighted by molar-refractivity contribution is 0.127. The van der Waals surface area contributed by atoms with E-state index in [2.05, 4.69) is 16.3 Å². The first-order chi connectivity index (χ1) is 12.7. The normalized spacial score (nSPS) is 22.2. The van der Waals surface area contributed by atoms with Gasteiger partial charge in [0.05, 0.1) is 13.2 Å². The number of likely N-dealkylation sites (tertiary alicyclic amines) is 2. The van der Waals surface area contributed by atoms with Crippen molar-refractivity contribution >= 4 is 6.03 Å². The van der Waals surface area contributed by atoms with Gasteiger partial charge in [0.25, 0.3) is 0 Å². The Morgan fingerprint density at radius 1 is 1.27 bits per heavy atom. The molecule has 2 aliphatic heterocycles. The molecule has 6 nitrogen and oxygen atoms in total. The average molecular weight is 361 g/mol. The maximum atomic E-state index is 12.6. The fourth-order valence-corrected chi connectivity index (χ4v) is 4.13. The number of para-hydroxylation sites is 1. The Morgan fingerprint density at radius 2 is 2.04 bits per heavy atom. The molecule has 6 heteroatoms. The molecule has 2 amide bonds. The molecule has 2 saturated heterocycles. The second-order valence-corrected chi connectivity index (χ2v) is 7.32. The van der Waals surface area contributed by atoms with Crippen LogP contribution in [0.2, 0.25) is 0 Å². The van der Waals surface area contributed by atoms with Crippen molar-refractivity contribution in [2.75, 3.05) is 46.4 Å². The van der Waals surface area contributed by atoms with Crippen molar-refractivity contribution in [1.82, 2.24) is 15.1 Å². The summed E-state index contributed by atoms with van der Waals surface area (Å²) >= 11 is 0. The Balaban J connectivity index is 1.67. The molecule has 3 rings (SSSR count). The number of piperidine rings is 1. The number of methoxy groups -OCH3 is 1. The Kier molecular flexibility index (Phi) is 6.74. The first-order valence-corrected chi connectivity index (χ1v) is 9.73. The number of carbonyl (C=O) groups excluding carboxylic acids is 1. The number of aliphatic hydroxyl groups excluding tert-OH is 1. The molecule has 0 spiro atoms. The van der Waals surface area contributed by atoms with Crippen molar-refractivity contribution in [2.45, 2.75) is 31.7 Å². The van der Waals surface area contributed by atoms with Crippen LogP contribution in [0.15, 0.2) is 24.3 Å². The number of hydrogen-bond acceptors (Lipinski definition) is 4. The third-order valence-electron chi connectivity index (χ3n) is 5.59. The first kappa shape index (κ1) is 19.0. The molecule has 2 N–H and O–H groups in total. The minimum absolute atomic E-state index is 0.0257. The van der Waals surface area contributed by atoms with E-state index in [1.54, 1.807) is 7.11 Å². The fraction of sp³-hybridized carbons (Fsp3) is 0.650. The topological polar surface area (TPSA) is 65.0 Å². The van der Waals surface area contributed by atoms with Gasteiger partial charge in [-0.05, 0) is 50.8 Å². The summed E-state index contributed by atoms with van der Waals surface area (Å²) < 4.78 is 5.56. The largest absolute Gasteiger partial charge is 0.496 e. The van der Waals surface area contributed by atoms with Gasteiger partial charge in [-0.25, -0.2) is 4.79 Å². The van der Waals surface area contributed by atoms with Gasteiger partial charge >= 0.3 is 6.03 Å². The van der Waals surface area contributed by atoms with E-state index >= 15 is 0 Å². The molecular weight excluding hydrogens is 330 g/mol. The van der Waals surface area contributed by atoms with E-state index in [-0.39, 0.29) is 24.6 Å². The molecule has 2 atom stereocenters. The molecule has 144 valence electrons. The fourth-order valence-electron chi connectivity index (χ4n) is 4.13. The lowest BCUT2D eigenvalue weighted by atomic mass is 9.99. The van der Waals surface area contributed by atoms with Crippen molar-refractivity contribution < 1.29 is 14.6 Å². The molecule has 0 aliphatic carbocycles. The highest BCUT2D eigenvalue weighted by Crippen LogP contribution is 2.31. The van der Waals surface area contributed by atoms with Crippen LogP contribution >= 0.6 is 0 Å². The van der Waals surface area contributed by atoms with Crippen LogP contribution < -0.4 is 10.1 Å². The van der Waals surface area contributed by atoms with Crippen LogP contribution in [-0.2, 0) is 0 Å². The van der Waals surface area contributed by atoms with Gasteiger partial charge in [0.1, 0.15) is 5.75 Å². The van der Waals surface area contributed by atoms with Gasteiger partial charge in [0, 0.05) is 31.8 Å². The summed E-state index contributed by atoms with van der Waals surface area (Å²) in [7, 11) is 1.70. The maximum absolute atomic E-state index is 12.6. The summed E-state index contributed by atoms with van der Waals surface area (Å²) in [4.78, 5) is 16.9. The summed E-state index contributed by atoms with van der Waals surface area (Å²) in [6.45, 7) is 4.24. The van der Waals surface area contributed by atoms with Crippen LogP contribution in [0.4, 0.5) is 4.79 Å². The van der Waals surface area contributed by atoms with Gasteiger partial charge in [-0.2, -0.15) is 0 Å². The minimum atomic E-state index is -0.0257. The van der Waals surface area contributed by atoms with Crippen LogP contribution in [0.3, 0.4) is 0 Å². The number of rotatable bonds is 6. The minimum Gasteiger partial charge on any atom is -0.496 e. The number of ether oxygens (including phenoxy) is 1. The predicted molar refractivity (Wildman–Crippen MR) is 101 cm³/mol. The monoisotopic (exact) mass is 361 g/mol. The summed E-state index contributed by atoms with van der Waals surface area (Å²) in [5.41, 5.74) is 1.13. The third kappa shape index (κ3) is 4.48. The molecular formula is C20H31N3O3. The number of aliphatic hydroxyl groups is 1. The van der Waals surface area contributed by atoms with E-state index in [1.165, 1.54) is 12.8 Å². The molecule has 2 heterocycles. The standard InChI is InChI=1S/C20H31N3O3/c1-26-19-9-3-2-8-17(19)18(22-10-4-5-11-22)13-21-20(25)23-12-6-7-16(14-23)15-24/h2-3,8-9,16,18,24H,4-7,10-15H2,1H3,(H,21,25). The molecule has 0 saturated carbocycles. The summed E-state index contributed by atoms with van der Waals surface area (Å²) in [5, 5.41) is 12.5. The lowest BCUT2D eigenvalue weighted by Gasteiger charge is -2.34. The summed E-state index contributed by atoms with van der Waals surface area (Å²) in [6, 6.07) is 8.18. The average Bonchev–Trinajstić information content (AvgIpc) is 3.23. The summed E-state index contributed by atoms with van der Waals surface area (Å²) in [6.07, 6.45) is 4.35. The molecule has 1 aromatic carbocycles.